The van der Waals surface area contributed by atoms with Gasteiger partial charge in [-0.1, -0.05) is 19.1 Å². The van der Waals surface area contributed by atoms with E-state index in [1.54, 1.807) is 4.90 Å². The second-order valence-electron chi connectivity index (χ2n) is 5.10. The molecular formula is C17H21OS+. The standard InChI is InChI=1S/C17H21OS/c1-2-10-18-15-8-9-16-14(13-15)6-5-7-17(16)19-11-3-4-12-19/h5-9,13H,2-4,10-12H2,1H3/q+1. The van der Waals surface area contributed by atoms with Gasteiger partial charge < -0.3 is 4.74 Å². The van der Waals surface area contributed by atoms with Gasteiger partial charge in [-0.2, -0.15) is 0 Å². The molecule has 0 unspecified atom stereocenters. The van der Waals surface area contributed by atoms with Crippen molar-refractivity contribution in [1.82, 2.24) is 0 Å². The zero-order valence-electron chi connectivity index (χ0n) is 11.5. The number of hydrogen-bond donors (Lipinski definition) is 0. The Labute approximate surface area is 118 Å². The maximum absolute atomic E-state index is 5.73. The number of ether oxygens (including phenoxy) is 1. The molecule has 2 heteroatoms. The van der Waals surface area contributed by atoms with E-state index in [-0.39, 0.29) is 0 Å². The van der Waals surface area contributed by atoms with Crippen molar-refractivity contribution in [3.8, 4) is 5.75 Å². The van der Waals surface area contributed by atoms with Gasteiger partial charge in [-0.05, 0) is 48.9 Å². The fourth-order valence-electron chi connectivity index (χ4n) is 2.67. The van der Waals surface area contributed by atoms with Gasteiger partial charge in [0.25, 0.3) is 0 Å². The molecule has 1 saturated heterocycles. The average Bonchev–Trinajstić information content (AvgIpc) is 2.98. The fourth-order valence-corrected chi connectivity index (χ4v) is 5.19. The average molecular weight is 273 g/mol. The summed E-state index contributed by atoms with van der Waals surface area (Å²) in [7, 11) is 0.482. The van der Waals surface area contributed by atoms with Crippen molar-refractivity contribution in [2.45, 2.75) is 31.1 Å². The van der Waals surface area contributed by atoms with Crippen molar-refractivity contribution in [2.75, 3.05) is 18.1 Å². The lowest BCUT2D eigenvalue weighted by molar-refractivity contribution is 0.318. The summed E-state index contributed by atoms with van der Waals surface area (Å²) in [6, 6.07) is 13.3. The number of fused-ring (bicyclic) bond motifs is 1. The molecule has 2 aromatic rings. The van der Waals surface area contributed by atoms with E-state index in [0.717, 1.165) is 18.8 Å². The highest BCUT2D eigenvalue weighted by atomic mass is 32.2. The Bertz CT molecular complexity index is 558. The van der Waals surface area contributed by atoms with Crippen LogP contribution in [0.15, 0.2) is 41.3 Å². The van der Waals surface area contributed by atoms with Crippen LogP contribution in [0.4, 0.5) is 0 Å². The molecular weight excluding hydrogens is 252 g/mol. The molecule has 1 fully saturated rings. The molecule has 1 heterocycles. The summed E-state index contributed by atoms with van der Waals surface area (Å²) in [5.74, 6) is 3.77. The first kappa shape index (κ1) is 12.9. The number of rotatable bonds is 4. The smallest absolute Gasteiger partial charge is 0.162 e. The molecule has 1 aliphatic heterocycles. The molecule has 1 aliphatic rings. The van der Waals surface area contributed by atoms with E-state index in [1.165, 1.54) is 35.1 Å². The van der Waals surface area contributed by atoms with Crippen LogP contribution in [0.2, 0.25) is 0 Å². The third-order valence-corrected chi connectivity index (χ3v) is 6.17. The maximum Gasteiger partial charge on any atom is 0.162 e. The maximum atomic E-state index is 5.73. The summed E-state index contributed by atoms with van der Waals surface area (Å²) in [5.41, 5.74) is 0. The molecule has 0 aliphatic carbocycles. The van der Waals surface area contributed by atoms with E-state index in [0.29, 0.717) is 10.9 Å². The Morgan fingerprint density at radius 3 is 2.74 bits per heavy atom. The third kappa shape index (κ3) is 2.74. The van der Waals surface area contributed by atoms with Crippen LogP contribution in [0.5, 0.6) is 5.75 Å². The molecule has 0 spiro atoms. The van der Waals surface area contributed by atoms with Crippen molar-refractivity contribution < 1.29 is 4.74 Å². The summed E-state index contributed by atoms with van der Waals surface area (Å²) in [6.45, 7) is 2.94. The lowest BCUT2D eigenvalue weighted by atomic mass is 10.1. The Hall–Kier alpha value is -1.15. The van der Waals surface area contributed by atoms with E-state index in [1.807, 2.05) is 0 Å². The van der Waals surface area contributed by atoms with Crippen LogP contribution in [0, 0.1) is 0 Å². The van der Waals surface area contributed by atoms with Crippen LogP contribution >= 0.6 is 0 Å². The molecule has 0 radical (unpaired) electrons. The Kier molecular flexibility index (Phi) is 3.97. The molecule has 0 bridgehead atoms. The van der Waals surface area contributed by atoms with Gasteiger partial charge in [-0.25, -0.2) is 0 Å². The fraction of sp³-hybridized carbons (Fsp3) is 0.412. The lowest BCUT2D eigenvalue weighted by Crippen LogP contribution is -2.04. The Balaban J connectivity index is 1.96. The van der Waals surface area contributed by atoms with Gasteiger partial charge in [0.1, 0.15) is 17.3 Å². The monoisotopic (exact) mass is 273 g/mol. The van der Waals surface area contributed by atoms with Crippen LogP contribution in [0.25, 0.3) is 10.8 Å². The molecule has 3 rings (SSSR count). The summed E-state index contributed by atoms with van der Waals surface area (Å²) in [4.78, 5) is 1.57. The first-order valence-corrected chi connectivity index (χ1v) is 8.78. The van der Waals surface area contributed by atoms with Crippen LogP contribution in [-0.2, 0) is 10.9 Å². The van der Waals surface area contributed by atoms with Gasteiger partial charge in [0.2, 0.25) is 0 Å². The predicted molar refractivity (Wildman–Crippen MR) is 84.3 cm³/mol. The molecule has 0 saturated carbocycles. The first-order valence-electron chi connectivity index (χ1n) is 7.21. The largest absolute Gasteiger partial charge is 0.494 e. The Morgan fingerprint density at radius 1 is 1.11 bits per heavy atom. The van der Waals surface area contributed by atoms with Crippen LogP contribution in [-0.4, -0.2) is 18.1 Å². The van der Waals surface area contributed by atoms with E-state index in [4.69, 9.17) is 4.74 Å². The minimum atomic E-state index is 0.482. The normalized spacial score (nSPS) is 16.1. The second-order valence-corrected chi connectivity index (χ2v) is 7.34. The highest BCUT2D eigenvalue weighted by Crippen LogP contribution is 2.31. The highest BCUT2D eigenvalue weighted by Gasteiger charge is 2.28. The van der Waals surface area contributed by atoms with Gasteiger partial charge >= 0.3 is 0 Å². The molecule has 2 aromatic carbocycles. The molecule has 100 valence electrons. The second kappa shape index (κ2) is 5.87. The van der Waals surface area contributed by atoms with Gasteiger partial charge in [0, 0.05) is 16.3 Å². The topological polar surface area (TPSA) is 9.23 Å². The molecule has 0 aromatic heterocycles. The Morgan fingerprint density at radius 2 is 1.95 bits per heavy atom. The van der Waals surface area contributed by atoms with Crippen molar-refractivity contribution in [2.24, 2.45) is 0 Å². The van der Waals surface area contributed by atoms with Crippen LogP contribution in [0.3, 0.4) is 0 Å². The van der Waals surface area contributed by atoms with Crippen LogP contribution in [0.1, 0.15) is 26.2 Å². The number of benzene rings is 2. The van der Waals surface area contributed by atoms with E-state index in [2.05, 4.69) is 43.3 Å². The first-order chi connectivity index (χ1) is 9.38. The molecule has 0 atom stereocenters. The number of hydrogen-bond acceptors (Lipinski definition) is 1. The third-order valence-electron chi connectivity index (χ3n) is 3.63. The van der Waals surface area contributed by atoms with Gasteiger partial charge in [-0.15, -0.1) is 0 Å². The van der Waals surface area contributed by atoms with Crippen LogP contribution < -0.4 is 4.74 Å². The molecule has 19 heavy (non-hydrogen) atoms. The van der Waals surface area contributed by atoms with Gasteiger partial charge in [0.05, 0.1) is 6.61 Å². The predicted octanol–water partition coefficient (Wildman–Crippen LogP) is 4.40. The quantitative estimate of drug-likeness (QED) is 0.750. The van der Waals surface area contributed by atoms with Crippen molar-refractivity contribution >= 4 is 21.7 Å². The summed E-state index contributed by atoms with van der Waals surface area (Å²) in [6.07, 6.45) is 3.86. The summed E-state index contributed by atoms with van der Waals surface area (Å²) in [5, 5.41) is 2.75. The van der Waals surface area contributed by atoms with Gasteiger partial charge in [0.15, 0.2) is 4.90 Å². The minimum Gasteiger partial charge on any atom is -0.494 e. The van der Waals surface area contributed by atoms with E-state index >= 15 is 0 Å². The van der Waals surface area contributed by atoms with Crippen molar-refractivity contribution in [3.63, 3.8) is 0 Å². The van der Waals surface area contributed by atoms with E-state index in [9.17, 15) is 0 Å². The molecule has 0 N–H and O–H groups in total. The summed E-state index contributed by atoms with van der Waals surface area (Å²) >= 11 is 0. The zero-order valence-corrected chi connectivity index (χ0v) is 12.3. The molecule has 0 amide bonds. The van der Waals surface area contributed by atoms with Crippen molar-refractivity contribution in [1.29, 1.82) is 0 Å². The van der Waals surface area contributed by atoms with Crippen molar-refractivity contribution in [3.05, 3.63) is 36.4 Å². The highest BCUT2D eigenvalue weighted by molar-refractivity contribution is 7.97. The molecule has 1 nitrogen and oxygen atoms in total. The summed E-state index contributed by atoms with van der Waals surface area (Å²) < 4.78 is 5.73. The van der Waals surface area contributed by atoms with Gasteiger partial charge in [-0.3, -0.25) is 0 Å². The zero-order chi connectivity index (χ0) is 13.1. The van der Waals surface area contributed by atoms with E-state index < -0.39 is 0 Å². The lowest BCUT2D eigenvalue weighted by Gasteiger charge is -2.08. The SMILES string of the molecule is CCCOc1ccc2c([S+]3CCCC3)cccc2c1. The minimum absolute atomic E-state index is 0.482.